The van der Waals surface area contributed by atoms with Crippen LogP contribution in [-0.4, -0.2) is 26.9 Å². The molecule has 9 heteroatoms. The average molecular weight is 390 g/mol. The Morgan fingerprint density at radius 3 is 2.04 bits per heavy atom. The third-order valence-electron chi connectivity index (χ3n) is 3.51. The van der Waals surface area contributed by atoms with E-state index in [0.717, 1.165) is 0 Å². The molecule has 2 rings (SSSR count). The van der Waals surface area contributed by atoms with Crippen molar-refractivity contribution in [2.75, 3.05) is 16.6 Å². The molecule has 5 N–H and O–H groups in total. The van der Waals surface area contributed by atoms with E-state index in [1.165, 1.54) is 48.5 Å². The normalized spacial score (nSPS) is 11.1. The third-order valence-corrected chi connectivity index (χ3v) is 4.91. The summed E-state index contributed by atoms with van der Waals surface area (Å²) in [5.74, 6) is -0.267. The Bertz CT molecular complexity index is 907. The molecule has 2 aromatic rings. The van der Waals surface area contributed by atoms with Crippen LogP contribution in [0.15, 0.2) is 53.4 Å². The van der Waals surface area contributed by atoms with Crippen molar-refractivity contribution in [2.24, 2.45) is 11.7 Å². The minimum Gasteiger partial charge on any atom is -0.366 e. The number of amides is 3. The van der Waals surface area contributed by atoms with Gasteiger partial charge in [0.2, 0.25) is 5.91 Å². The number of urea groups is 1. The number of nitrogens with two attached hydrogens (primary N) is 1. The summed E-state index contributed by atoms with van der Waals surface area (Å²) in [6.45, 7) is 4.50. The van der Waals surface area contributed by atoms with Gasteiger partial charge in [-0.05, 0) is 54.4 Å². The van der Waals surface area contributed by atoms with Crippen molar-refractivity contribution >= 4 is 33.3 Å². The lowest BCUT2D eigenvalue weighted by Gasteiger charge is -2.11. The van der Waals surface area contributed by atoms with E-state index >= 15 is 0 Å². The smallest absolute Gasteiger partial charge is 0.319 e. The van der Waals surface area contributed by atoms with Gasteiger partial charge >= 0.3 is 6.03 Å². The van der Waals surface area contributed by atoms with Crippen LogP contribution in [0, 0.1) is 5.92 Å². The summed E-state index contributed by atoms with van der Waals surface area (Å²) in [4.78, 5) is 22.8. The molecular weight excluding hydrogens is 368 g/mol. The Hall–Kier alpha value is -3.07. The quantitative estimate of drug-likeness (QED) is 0.578. The van der Waals surface area contributed by atoms with Crippen LogP contribution < -0.4 is 21.1 Å². The Kier molecular flexibility index (Phi) is 6.40. The van der Waals surface area contributed by atoms with Gasteiger partial charge in [0, 0.05) is 23.5 Å². The summed E-state index contributed by atoms with van der Waals surface area (Å²) in [6.07, 6.45) is 0. The standard InChI is InChI=1S/C18H22N4O4S/c1-12(2)11-20-18(24)21-14-7-9-16(10-8-14)27(25,26)22-15-5-3-13(4-6-15)17(19)23/h3-10,12,22H,11H2,1-2H3,(H2,19,23)(H2,20,21,24). The van der Waals surface area contributed by atoms with E-state index in [1.807, 2.05) is 13.8 Å². The topological polar surface area (TPSA) is 130 Å². The highest BCUT2D eigenvalue weighted by atomic mass is 32.2. The van der Waals surface area contributed by atoms with E-state index < -0.39 is 15.9 Å². The van der Waals surface area contributed by atoms with E-state index in [4.69, 9.17) is 5.73 Å². The number of hydrogen-bond donors (Lipinski definition) is 4. The third kappa shape index (κ3) is 6.00. The number of hydrogen-bond acceptors (Lipinski definition) is 4. The summed E-state index contributed by atoms with van der Waals surface area (Å²) >= 11 is 0. The van der Waals surface area contributed by atoms with Crippen LogP contribution in [0.4, 0.5) is 16.2 Å². The molecule has 0 aliphatic rings. The van der Waals surface area contributed by atoms with Gasteiger partial charge in [0.15, 0.2) is 0 Å². The molecule has 2 aromatic carbocycles. The van der Waals surface area contributed by atoms with Crippen LogP contribution in [0.1, 0.15) is 24.2 Å². The van der Waals surface area contributed by atoms with Crippen LogP contribution in [-0.2, 0) is 10.0 Å². The molecule has 3 amide bonds. The maximum atomic E-state index is 12.4. The largest absolute Gasteiger partial charge is 0.366 e. The SMILES string of the molecule is CC(C)CNC(=O)Nc1ccc(S(=O)(=O)Nc2ccc(C(N)=O)cc2)cc1. The van der Waals surface area contributed by atoms with E-state index in [0.29, 0.717) is 23.8 Å². The lowest BCUT2D eigenvalue weighted by atomic mass is 10.2. The molecule has 0 heterocycles. The molecule has 8 nitrogen and oxygen atoms in total. The van der Waals surface area contributed by atoms with Gasteiger partial charge in [-0.25, -0.2) is 13.2 Å². The van der Waals surface area contributed by atoms with Crippen molar-refractivity contribution in [3.8, 4) is 0 Å². The average Bonchev–Trinajstić information content (AvgIpc) is 2.60. The number of carbonyl (C=O) groups is 2. The molecule has 0 unspecified atom stereocenters. The van der Waals surface area contributed by atoms with Crippen molar-refractivity contribution in [1.29, 1.82) is 0 Å². The minimum atomic E-state index is -3.81. The molecule has 27 heavy (non-hydrogen) atoms. The summed E-state index contributed by atoms with van der Waals surface area (Å²) in [5, 5.41) is 5.34. The molecule has 0 saturated heterocycles. The molecule has 0 aromatic heterocycles. The van der Waals surface area contributed by atoms with Crippen molar-refractivity contribution in [2.45, 2.75) is 18.7 Å². The molecule has 0 aliphatic carbocycles. The lowest BCUT2D eigenvalue weighted by Crippen LogP contribution is -2.31. The first kappa shape index (κ1) is 20.2. The molecule has 144 valence electrons. The van der Waals surface area contributed by atoms with Crippen molar-refractivity contribution < 1.29 is 18.0 Å². The highest BCUT2D eigenvalue weighted by Crippen LogP contribution is 2.18. The highest BCUT2D eigenvalue weighted by Gasteiger charge is 2.14. The van der Waals surface area contributed by atoms with E-state index in [1.54, 1.807) is 0 Å². The fourth-order valence-corrected chi connectivity index (χ4v) is 3.16. The minimum absolute atomic E-state index is 0.0367. The van der Waals surface area contributed by atoms with Crippen LogP contribution in [0.25, 0.3) is 0 Å². The number of anilines is 2. The van der Waals surface area contributed by atoms with Crippen LogP contribution in [0.5, 0.6) is 0 Å². The predicted octanol–water partition coefficient (Wildman–Crippen LogP) is 2.36. The molecule has 0 fully saturated rings. The molecule has 0 radical (unpaired) electrons. The van der Waals surface area contributed by atoms with Gasteiger partial charge in [0.05, 0.1) is 4.90 Å². The Morgan fingerprint density at radius 1 is 0.963 bits per heavy atom. The first-order chi connectivity index (χ1) is 12.7. The maximum Gasteiger partial charge on any atom is 0.319 e. The zero-order chi connectivity index (χ0) is 20.0. The second kappa shape index (κ2) is 8.54. The lowest BCUT2D eigenvalue weighted by molar-refractivity contribution is 0.100. The van der Waals surface area contributed by atoms with Gasteiger partial charge in [-0.2, -0.15) is 0 Å². The maximum absolute atomic E-state index is 12.4. The van der Waals surface area contributed by atoms with Gasteiger partial charge in [-0.1, -0.05) is 13.8 Å². The number of primary amides is 1. The van der Waals surface area contributed by atoms with Crippen molar-refractivity contribution in [3.63, 3.8) is 0 Å². The van der Waals surface area contributed by atoms with Gasteiger partial charge in [-0.3, -0.25) is 9.52 Å². The Balaban J connectivity index is 2.04. The van der Waals surface area contributed by atoms with E-state index in [-0.39, 0.29) is 16.5 Å². The van der Waals surface area contributed by atoms with Crippen LogP contribution >= 0.6 is 0 Å². The number of rotatable bonds is 7. The summed E-state index contributed by atoms with van der Waals surface area (Å²) < 4.78 is 27.3. The van der Waals surface area contributed by atoms with Gasteiger partial charge in [0.25, 0.3) is 10.0 Å². The number of nitrogens with one attached hydrogen (secondary N) is 3. The molecule has 0 atom stereocenters. The van der Waals surface area contributed by atoms with Crippen LogP contribution in [0.3, 0.4) is 0 Å². The fraction of sp³-hybridized carbons (Fsp3) is 0.222. The molecule has 0 bridgehead atoms. The zero-order valence-electron chi connectivity index (χ0n) is 15.0. The number of carbonyl (C=O) groups excluding carboxylic acids is 2. The first-order valence-electron chi connectivity index (χ1n) is 8.25. The zero-order valence-corrected chi connectivity index (χ0v) is 15.8. The van der Waals surface area contributed by atoms with Gasteiger partial charge < -0.3 is 16.4 Å². The van der Waals surface area contributed by atoms with Gasteiger partial charge in [0.1, 0.15) is 0 Å². The Morgan fingerprint density at radius 2 is 1.52 bits per heavy atom. The second-order valence-corrected chi connectivity index (χ2v) is 7.98. The summed E-state index contributed by atoms with van der Waals surface area (Å²) in [7, 11) is -3.81. The summed E-state index contributed by atoms with van der Waals surface area (Å²) in [6, 6.07) is 11.2. The van der Waals surface area contributed by atoms with E-state index in [2.05, 4.69) is 15.4 Å². The first-order valence-corrected chi connectivity index (χ1v) is 9.73. The number of sulfonamides is 1. The number of benzene rings is 2. The Labute approximate surface area is 158 Å². The van der Waals surface area contributed by atoms with Gasteiger partial charge in [-0.15, -0.1) is 0 Å². The predicted molar refractivity (Wildman–Crippen MR) is 104 cm³/mol. The second-order valence-electron chi connectivity index (χ2n) is 6.30. The van der Waals surface area contributed by atoms with Crippen molar-refractivity contribution in [3.05, 3.63) is 54.1 Å². The van der Waals surface area contributed by atoms with E-state index in [9.17, 15) is 18.0 Å². The highest BCUT2D eigenvalue weighted by molar-refractivity contribution is 7.92. The molecule has 0 aliphatic heterocycles. The van der Waals surface area contributed by atoms with Crippen LogP contribution in [0.2, 0.25) is 0 Å². The fourth-order valence-electron chi connectivity index (χ4n) is 2.11. The molecule has 0 spiro atoms. The monoisotopic (exact) mass is 390 g/mol. The summed E-state index contributed by atoms with van der Waals surface area (Å²) in [5.41, 5.74) is 6.21. The molecular formula is C18H22N4O4S. The molecule has 0 saturated carbocycles. The van der Waals surface area contributed by atoms with Crippen molar-refractivity contribution in [1.82, 2.24) is 5.32 Å².